The zero-order valence-corrected chi connectivity index (χ0v) is 17.4. The van der Waals surface area contributed by atoms with Crippen molar-refractivity contribution < 1.29 is 23.7 Å². The van der Waals surface area contributed by atoms with Crippen LogP contribution in [-0.4, -0.2) is 35.5 Å². The fourth-order valence-electron chi connectivity index (χ4n) is 3.36. The zero-order valence-electron chi connectivity index (χ0n) is 17.4. The summed E-state index contributed by atoms with van der Waals surface area (Å²) in [5, 5.41) is 0. The molecule has 0 fully saturated rings. The molecule has 5 nitrogen and oxygen atoms in total. The fraction of sp³-hybridized carbons (Fsp3) is 0.250. The predicted octanol–water partition coefficient (Wildman–Crippen LogP) is 5.01. The first-order valence-electron chi connectivity index (χ1n) is 9.24. The minimum atomic E-state index is 0.107. The third-order valence-electron chi connectivity index (χ3n) is 4.87. The summed E-state index contributed by atoms with van der Waals surface area (Å²) in [6, 6.07) is 9.57. The van der Waals surface area contributed by atoms with Crippen molar-refractivity contribution in [1.29, 1.82) is 0 Å². The van der Waals surface area contributed by atoms with E-state index in [9.17, 15) is 0 Å². The van der Waals surface area contributed by atoms with Gasteiger partial charge in [0, 0.05) is 29.2 Å². The second-order valence-electron chi connectivity index (χ2n) is 6.41. The van der Waals surface area contributed by atoms with Crippen LogP contribution in [0.1, 0.15) is 11.1 Å². The van der Waals surface area contributed by atoms with E-state index in [1.54, 1.807) is 35.5 Å². The van der Waals surface area contributed by atoms with Gasteiger partial charge in [-0.05, 0) is 29.8 Å². The zero-order chi connectivity index (χ0) is 20.8. The number of methoxy groups -OCH3 is 5. The summed E-state index contributed by atoms with van der Waals surface area (Å²) in [6.07, 6.45) is 10.5. The van der Waals surface area contributed by atoms with Gasteiger partial charge in [-0.1, -0.05) is 24.3 Å². The summed E-state index contributed by atoms with van der Waals surface area (Å²) in [7, 11) is 8.17. The summed E-state index contributed by atoms with van der Waals surface area (Å²) in [5.74, 6) is 3.53. The highest BCUT2D eigenvalue weighted by atomic mass is 16.5. The average molecular weight is 394 g/mol. The third-order valence-corrected chi connectivity index (χ3v) is 4.87. The molecular weight excluding hydrogens is 368 g/mol. The number of rotatable bonds is 8. The lowest BCUT2D eigenvalue weighted by Gasteiger charge is -2.18. The molecule has 152 valence electrons. The normalized spacial score (nSPS) is 13.5. The van der Waals surface area contributed by atoms with Crippen molar-refractivity contribution in [2.45, 2.75) is 0 Å². The molecule has 0 unspecified atom stereocenters. The SMILES string of the molecule is COc1ccc(/C(=C/c2cc(OC)c(OC)cc2OC)C2C=CC=C2)c(OC)c1. The van der Waals surface area contributed by atoms with Crippen LogP contribution in [0.25, 0.3) is 11.6 Å². The van der Waals surface area contributed by atoms with Gasteiger partial charge in [-0.15, -0.1) is 0 Å². The smallest absolute Gasteiger partial charge is 0.164 e. The fourth-order valence-corrected chi connectivity index (χ4v) is 3.36. The molecule has 0 radical (unpaired) electrons. The molecule has 0 atom stereocenters. The van der Waals surface area contributed by atoms with E-state index in [2.05, 4.69) is 18.2 Å². The largest absolute Gasteiger partial charge is 0.497 e. The Kier molecular flexibility index (Phi) is 6.50. The molecule has 1 aliphatic rings. The van der Waals surface area contributed by atoms with Crippen LogP contribution in [0.5, 0.6) is 28.7 Å². The van der Waals surface area contributed by atoms with Gasteiger partial charge in [0.25, 0.3) is 0 Å². The van der Waals surface area contributed by atoms with Gasteiger partial charge in [-0.25, -0.2) is 0 Å². The molecule has 0 aromatic heterocycles. The number of benzene rings is 2. The van der Waals surface area contributed by atoms with E-state index in [4.69, 9.17) is 23.7 Å². The molecule has 0 aliphatic heterocycles. The Morgan fingerprint density at radius 1 is 0.690 bits per heavy atom. The van der Waals surface area contributed by atoms with Gasteiger partial charge < -0.3 is 23.7 Å². The maximum Gasteiger partial charge on any atom is 0.164 e. The minimum absolute atomic E-state index is 0.107. The van der Waals surface area contributed by atoms with Crippen LogP contribution >= 0.6 is 0 Å². The standard InChI is InChI=1S/C24H26O5/c1-25-18-10-11-19(22(14-18)27-3)20(16-8-6-7-9-16)12-17-13-23(28-4)24(29-5)15-21(17)26-2/h6-16H,1-5H3/b20-12+. The summed E-state index contributed by atoms with van der Waals surface area (Å²) >= 11 is 0. The van der Waals surface area contributed by atoms with Gasteiger partial charge in [-0.2, -0.15) is 0 Å². The second kappa shape index (κ2) is 9.24. The third kappa shape index (κ3) is 4.24. The van der Waals surface area contributed by atoms with Crippen LogP contribution in [0.2, 0.25) is 0 Å². The summed E-state index contributed by atoms with van der Waals surface area (Å²) in [5.41, 5.74) is 2.93. The molecule has 0 amide bonds. The number of hydrogen-bond acceptors (Lipinski definition) is 5. The Labute approximate surface area is 171 Å². The molecular formula is C24H26O5. The highest BCUT2D eigenvalue weighted by Gasteiger charge is 2.19. The Bertz CT molecular complexity index is 944. The van der Waals surface area contributed by atoms with Gasteiger partial charge in [0.05, 0.1) is 35.5 Å². The first kappa shape index (κ1) is 20.4. The first-order valence-corrected chi connectivity index (χ1v) is 9.24. The second-order valence-corrected chi connectivity index (χ2v) is 6.41. The molecule has 5 heteroatoms. The molecule has 0 spiro atoms. The van der Waals surface area contributed by atoms with Crippen molar-refractivity contribution in [1.82, 2.24) is 0 Å². The van der Waals surface area contributed by atoms with Crippen LogP contribution < -0.4 is 23.7 Å². The van der Waals surface area contributed by atoms with Crippen molar-refractivity contribution >= 4 is 11.6 Å². The van der Waals surface area contributed by atoms with E-state index >= 15 is 0 Å². The van der Waals surface area contributed by atoms with E-state index in [0.29, 0.717) is 17.2 Å². The molecule has 0 heterocycles. The quantitative estimate of drug-likeness (QED) is 0.589. The first-order chi connectivity index (χ1) is 14.1. The van der Waals surface area contributed by atoms with E-state index in [1.165, 1.54) is 0 Å². The van der Waals surface area contributed by atoms with E-state index in [-0.39, 0.29) is 5.92 Å². The topological polar surface area (TPSA) is 46.2 Å². The highest BCUT2D eigenvalue weighted by Crippen LogP contribution is 2.41. The minimum Gasteiger partial charge on any atom is -0.497 e. The lowest BCUT2D eigenvalue weighted by atomic mass is 9.90. The molecule has 2 aromatic rings. The maximum absolute atomic E-state index is 5.66. The number of allylic oxidation sites excluding steroid dienone is 5. The van der Waals surface area contributed by atoms with Crippen LogP contribution in [0.3, 0.4) is 0 Å². The van der Waals surface area contributed by atoms with Crippen molar-refractivity contribution in [3.63, 3.8) is 0 Å². The van der Waals surface area contributed by atoms with Crippen LogP contribution in [0.4, 0.5) is 0 Å². The number of hydrogen-bond donors (Lipinski definition) is 0. The van der Waals surface area contributed by atoms with Crippen molar-refractivity contribution in [3.8, 4) is 28.7 Å². The summed E-state index contributed by atoms with van der Waals surface area (Å²) < 4.78 is 27.5. The van der Waals surface area contributed by atoms with Gasteiger partial charge in [-0.3, -0.25) is 0 Å². The van der Waals surface area contributed by atoms with Gasteiger partial charge in [0.2, 0.25) is 0 Å². The van der Waals surface area contributed by atoms with Crippen molar-refractivity contribution in [3.05, 3.63) is 65.8 Å². The monoisotopic (exact) mass is 394 g/mol. The molecule has 0 saturated heterocycles. The van der Waals surface area contributed by atoms with E-state index in [1.807, 2.05) is 42.5 Å². The Morgan fingerprint density at radius 2 is 1.31 bits per heavy atom. The molecule has 0 bridgehead atoms. The van der Waals surface area contributed by atoms with Gasteiger partial charge in [0.15, 0.2) is 11.5 Å². The maximum atomic E-state index is 5.66. The molecule has 0 saturated carbocycles. The molecule has 3 rings (SSSR count). The van der Waals surface area contributed by atoms with Crippen LogP contribution in [-0.2, 0) is 0 Å². The van der Waals surface area contributed by atoms with Crippen LogP contribution in [0, 0.1) is 5.92 Å². The molecule has 0 N–H and O–H groups in total. The van der Waals surface area contributed by atoms with Crippen LogP contribution in [0.15, 0.2) is 54.6 Å². The predicted molar refractivity (Wildman–Crippen MR) is 115 cm³/mol. The van der Waals surface area contributed by atoms with E-state index < -0.39 is 0 Å². The lowest BCUT2D eigenvalue weighted by Crippen LogP contribution is -2.01. The summed E-state index contributed by atoms with van der Waals surface area (Å²) in [6.45, 7) is 0. The average Bonchev–Trinajstić information content (AvgIpc) is 3.31. The molecule has 2 aromatic carbocycles. The lowest BCUT2D eigenvalue weighted by molar-refractivity contribution is 0.348. The highest BCUT2D eigenvalue weighted by molar-refractivity contribution is 5.89. The Hall–Kier alpha value is -3.34. The van der Waals surface area contributed by atoms with E-state index in [0.717, 1.165) is 28.2 Å². The molecule has 29 heavy (non-hydrogen) atoms. The van der Waals surface area contributed by atoms with Gasteiger partial charge >= 0.3 is 0 Å². The summed E-state index contributed by atoms with van der Waals surface area (Å²) in [4.78, 5) is 0. The van der Waals surface area contributed by atoms with Crippen molar-refractivity contribution in [2.75, 3.05) is 35.5 Å². The Morgan fingerprint density at radius 3 is 1.90 bits per heavy atom. The molecule has 1 aliphatic carbocycles. The number of ether oxygens (including phenoxy) is 5. The Balaban J connectivity index is 2.20. The van der Waals surface area contributed by atoms with Crippen molar-refractivity contribution in [2.24, 2.45) is 5.92 Å². The van der Waals surface area contributed by atoms with Gasteiger partial charge in [0.1, 0.15) is 17.2 Å².